The molecule has 0 fully saturated rings. The zero-order chi connectivity index (χ0) is 15.4. The molecule has 0 bridgehead atoms. The minimum absolute atomic E-state index is 0.0431. The molecule has 0 aliphatic rings. The van der Waals surface area contributed by atoms with E-state index in [2.05, 4.69) is 59.5 Å². The van der Waals surface area contributed by atoms with E-state index >= 15 is 0 Å². The van der Waals surface area contributed by atoms with Crippen molar-refractivity contribution in [3.63, 3.8) is 0 Å². The molecule has 2 aromatic carbocycles. The van der Waals surface area contributed by atoms with Crippen LogP contribution in [-0.4, -0.2) is 0 Å². The summed E-state index contributed by atoms with van der Waals surface area (Å²) in [6.07, 6.45) is 0.828. The van der Waals surface area contributed by atoms with Gasteiger partial charge in [0.05, 0.1) is 6.04 Å². The first kappa shape index (κ1) is 16.5. The molecule has 4 heteroatoms. The Morgan fingerprint density at radius 1 is 1.14 bits per heavy atom. The Labute approximate surface area is 139 Å². The maximum absolute atomic E-state index is 5.99. The summed E-state index contributed by atoms with van der Waals surface area (Å²) in [6, 6.07) is 14.5. The number of halogens is 2. The quantitative estimate of drug-likeness (QED) is 0.578. The Hall–Kier alpha value is -0.870. The van der Waals surface area contributed by atoms with Crippen molar-refractivity contribution in [3.05, 3.63) is 68.7 Å². The highest BCUT2D eigenvalue weighted by atomic mass is 79.9. The van der Waals surface area contributed by atoms with Gasteiger partial charge in [-0.25, -0.2) is 0 Å². The first-order valence-corrected chi connectivity index (χ1v) is 8.18. The molecular weight excluding hydrogens is 348 g/mol. The molecule has 0 radical (unpaired) electrons. The Morgan fingerprint density at radius 3 is 2.33 bits per heavy atom. The van der Waals surface area contributed by atoms with Crippen LogP contribution in [-0.2, 0) is 6.42 Å². The molecular formula is C17H20BrClN2. The largest absolute Gasteiger partial charge is 0.271 e. The van der Waals surface area contributed by atoms with Gasteiger partial charge in [-0.05, 0) is 41.2 Å². The van der Waals surface area contributed by atoms with Crippen LogP contribution in [0.25, 0.3) is 0 Å². The Balaban J connectivity index is 2.18. The van der Waals surface area contributed by atoms with E-state index in [1.165, 1.54) is 11.1 Å². The van der Waals surface area contributed by atoms with Crippen LogP contribution in [0.5, 0.6) is 0 Å². The topological polar surface area (TPSA) is 38.0 Å². The van der Waals surface area contributed by atoms with Crippen LogP contribution in [0.15, 0.2) is 46.9 Å². The summed E-state index contributed by atoms with van der Waals surface area (Å²) in [5.41, 5.74) is 6.60. The molecule has 0 heterocycles. The van der Waals surface area contributed by atoms with E-state index in [9.17, 15) is 0 Å². The fourth-order valence-electron chi connectivity index (χ4n) is 2.32. The Bertz CT molecular complexity index is 596. The maximum atomic E-state index is 5.99. The first-order chi connectivity index (χ1) is 10.0. The molecule has 2 aromatic rings. The zero-order valence-corrected chi connectivity index (χ0v) is 14.6. The summed E-state index contributed by atoms with van der Waals surface area (Å²) >= 11 is 9.54. The highest BCUT2D eigenvalue weighted by Crippen LogP contribution is 2.28. The molecule has 3 N–H and O–H groups in total. The van der Waals surface area contributed by atoms with Gasteiger partial charge >= 0.3 is 0 Å². The minimum Gasteiger partial charge on any atom is -0.271 e. The molecule has 1 atom stereocenters. The molecule has 2 nitrogen and oxygen atoms in total. The lowest BCUT2D eigenvalue weighted by Crippen LogP contribution is -2.29. The summed E-state index contributed by atoms with van der Waals surface area (Å²) in [4.78, 5) is 0. The second-order valence-corrected chi connectivity index (χ2v) is 6.78. The second-order valence-electron chi connectivity index (χ2n) is 5.49. The van der Waals surface area contributed by atoms with Crippen molar-refractivity contribution >= 4 is 27.5 Å². The summed E-state index contributed by atoms with van der Waals surface area (Å²) in [5.74, 6) is 6.28. The van der Waals surface area contributed by atoms with E-state index < -0.39 is 0 Å². The maximum Gasteiger partial charge on any atom is 0.0511 e. The van der Waals surface area contributed by atoms with E-state index in [0.717, 1.165) is 16.5 Å². The lowest BCUT2D eigenvalue weighted by molar-refractivity contribution is 0.550. The summed E-state index contributed by atoms with van der Waals surface area (Å²) < 4.78 is 0.969. The van der Waals surface area contributed by atoms with Crippen molar-refractivity contribution in [1.82, 2.24) is 5.43 Å². The SMILES string of the molecule is CC(C)c1ccc(CC(NN)c2ccc(Cl)cc2Br)cc1. The number of hydrogen-bond acceptors (Lipinski definition) is 2. The number of hydrogen-bond donors (Lipinski definition) is 2. The van der Waals surface area contributed by atoms with E-state index in [0.29, 0.717) is 10.9 Å². The molecule has 2 rings (SSSR count). The Kier molecular flexibility index (Phi) is 5.82. The zero-order valence-electron chi connectivity index (χ0n) is 12.2. The van der Waals surface area contributed by atoms with Gasteiger partial charge in [0.25, 0.3) is 0 Å². The van der Waals surface area contributed by atoms with Crippen LogP contribution in [0, 0.1) is 0 Å². The molecule has 0 aliphatic carbocycles. The number of hydrazine groups is 1. The smallest absolute Gasteiger partial charge is 0.0511 e. The average molecular weight is 368 g/mol. The van der Waals surface area contributed by atoms with Gasteiger partial charge in [0.1, 0.15) is 0 Å². The van der Waals surface area contributed by atoms with E-state index in [-0.39, 0.29) is 6.04 Å². The van der Waals surface area contributed by atoms with Crippen LogP contribution in [0.1, 0.15) is 42.5 Å². The van der Waals surface area contributed by atoms with Gasteiger partial charge in [0.2, 0.25) is 0 Å². The normalized spacial score (nSPS) is 12.7. The van der Waals surface area contributed by atoms with Gasteiger partial charge in [-0.2, -0.15) is 0 Å². The minimum atomic E-state index is 0.0431. The summed E-state index contributed by atoms with van der Waals surface area (Å²) in [6.45, 7) is 4.40. The summed E-state index contributed by atoms with van der Waals surface area (Å²) in [7, 11) is 0. The predicted octanol–water partition coefficient (Wildman–Crippen LogP) is 4.97. The highest BCUT2D eigenvalue weighted by molar-refractivity contribution is 9.10. The third-order valence-electron chi connectivity index (χ3n) is 3.63. The molecule has 0 aromatic heterocycles. The number of nitrogens with one attached hydrogen (secondary N) is 1. The van der Waals surface area contributed by atoms with E-state index in [1.807, 2.05) is 18.2 Å². The predicted molar refractivity (Wildman–Crippen MR) is 93.5 cm³/mol. The van der Waals surface area contributed by atoms with Crippen LogP contribution in [0.4, 0.5) is 0 Å². The van der Waals surface area contributed by atoms with Crippen molar-refractivity contribution in [2.75, 3.05) is 0 Å². The average Bonchev–Trinajstić information content (AvgIpc) is 2.46. The molecule has 0 aliphatic heterocycles. The Morgan fingerprint density at radius 2 is 1.81 bits per heavy atom. The standard InChI is InChI=1S/C17H20BrClN2/c1-11(2)13-5-3-12(4-6-13)9-17(21-20)15-8-7-14(19)10-16(15)18/h3-8,10-11,17,21H,9,20H2,1-2H3. The molecule has 21 heavy (non-hydrogen) atoms. The van der Waals surface area contributed by atoms with E-state index in [4.69, 9.17) is 17.4 Å². The van der Waals surface area contributed by atoms with Crippen LogP contribution < -0.4 is 11.3 Å². The van der Waals surface area contributed by atoms with Crippen molar-refractivity contribution in [1.29, 1.82) is 0 Å². The molecule has 0 saturated carbocycles. The van der Waals surface area contributed by atoms with Crippen molar-refractivity contribution in [3.8, 4) is 0 Å². The van der Waals surface area contributed by atoms with Crippen molar-refractivity contribution in [2.24, 2.45) is 5.84 Å². The number of nitrogens with two attached hydrogens (primary N) is 1. The molecule has 0 spiro atoms. The molecule has 0 saturated heterocycles. The number of rotatable bonds is 5. The van der Waals surface area contributed by atoms with Crippen molar-refractivity contribution in [2.45, 2.75) is 32.2 Å². The van der Waals surface area contributed by atoms with Gasteiger partial charge in [0.15, 0.2) is 0 Å². The van der Waals surface area contributed by atoms with Crippen LogP contribution >= 0.6 is 27.5 Å². The van der Waals surface area contributed by atoms with Gasteiger partial charge in [-0.3, -0.25) is 11.3 Å². The van der Waals surface area contributed by atoms with Crippen LogP contribution in [0.2, 0.25) is 5.02 Å². The van der Waals surface area contributed by atoms with Crippen molar-refractivity contribution < 1.29 is 0 Å². The fraction of sp³-hybridized carbons (Fsp3) is 0.294. The second kappa shape index (κ2) is 7.41. The third kappa shape index (κ3) is 4.30. The highest BCUT2D eigenvalue weighted by Gasteiger charge is 2.14. The molecule has 112 valence electrons. The monoisotopic (exact) mass is 366 g/mol. The first-order valence-electron chi connectivity index (χ1n) is 7.01. The van der Waals surface area contributed by atoms with Gasteiger partial charge in [0, 0.05) is 9.50 Å². The lowest BCUT2D eigenvalue weighted by Gasteiger charge is -2.18. The molecule has 0 amide bonds. The van der Waals surface area contributed by atoms with Gasteiger partial charge in [-0.15, -0.1) is 0 Å². The fourth-order valence-corrected chi connectivity index (χ4v) is 3.28. The van der Waals surface area contributed by atoms with Crippen LogP contribution in [0.3, 0.4) is 0 Å². The van der Waals surface area contributed by atoms with Gasteiger partial charge < -0.3 is 0 Å². The lowest BCUT2D eigenvalue weighted by atomic mass is 9.96. The number of benzene rings is 2. The molecule has 1 unspecified atom stereocenters. The third-order valence-corrected chi connectivity index (χ3v) is 4.55. The van der Waals surface area contributed by atoms with Gasteiger partial charge in [-0.1, -0.05) is 71.7 Å². The van der Waals surface area contributed by atoms with E-state index in [1.54, 1.807) is 0 Å². The summed E-state index contributed by atoms with van der Waals surface area (Å²) in [5, 5.41) is 0.711.